The monoisotopic (exact) mass is 379 g/mol. The van der Waals surface area contributed by atoms with Gasteiger partial charge < -0.3 is 14.8 Å². The number of halogens is 1. The van der Waals surface area contributed by atoms with Crippen LogP contribution in [0.15, 0.2) is 47.3 Å². The van der Waals surface area contributed by atoms with Crippen molar-refractivity contribution in [3.8, 4) is 0 Å². The summed E-state index contributed by atoms with van der Waals surface area (Å²) < 4.78 is 13.3. The fourth-order valence-electron chi connectivity index (χ4n) is 3.73. The van der Waals surface area contributed by atoms with E-state index in [-0.39, 0.29) is 11.5 Å². The van der Waals surface area contributed by atoms with Crippen molar-refractivity contribution in [2.45, 2.75) is 13.8 Å². The van der Waals surface area contributed by atoms with E-state index in [4.69, 9.17) is 0 Å². The van der Waals surface area contributed by atoms with Crippen LogP contribution in [0.1, 0.15) is 21.5 Å². The van der Waals surface area contributed by atoms with Crippen molar-refractivity contribution in [3.05, 3.63) is 75.3 Å². The van der Waals surface area contributed by atoms with E-state index in [1.54, 1.807) is 17.0 Å². The maximum atomic E-state index is 13.3. The topological polar surface area (TPSA) is 56.4 Å². The Labute approximate surface area is 162 Å². The average Bonchev–Trinajstić information content (AvgIpc) is 2.69. The number of fused-ring (bicyclic) bond motifs is 1. The largest absolute Gasteiger partial charge is 0.368 e. The second-order valence-corrected chi connectivity index (χ2v) is 7.24. The number of benzene rings is 2. The standard InChI is InChI=1S/C22H22FN3O2/c1-14-4-3-5-20(15(14)2)25-8-10-26(11-9-25)22(28)18-12-16-6-7-17(23)13-19(16)24-21(18)27/h3-7,12-13H,8-11H2,1-2H3,(H,24,27). The number of hydrogen-bond donors (Lipinski definition) is 1. The molecule has 1 saturated heterocycles. The minimum absolute atomic E-state index is 0.0966. The lowest BCUT2D eigenvalue weighted by molar-refractivity contribution is 0.0745. The van der Waals surface area contributed by atoms with Gasteiger partial charge in [0, 0.05) is 31.9 Å². The van der Waals surface area contributed by atoms with Crippen molar-refractivity contribution in [2.75, 3.05) is 31.1 Å². The summed E-state index contributed by atoms with van der Waals surface area (Å²) in [6.07, 6.45) is 0. The number of hydrogen-bond acceptors (Lipinski definition) is 3. The highest BCUT2D eigenvalue weighted by Gasteiger charge is 2.25. The molecule has 2 aromatic carbocycles. The SMILES string of the molecule is Cc1cccc(N2CCN(C(=O)c3cc4ccc(F)cc4[nH]c3=O)CC2)c1C. The Morgan fingerprint density at radius 1 is 1.04 bits per heavy atom. The molecule has 144 valence electrons. The van der Waals surface area contributed by atoms with Crippen molar-refractivity contribution >= 4 is 22.5 Å². The van der Waals surface area contributed by atoms with Crippen LogP contribution in [0.2, 0.25) is 0 Å². The highest BCUT2D eigenvalue weighted by Crippen LogP contribution is 2.24. The van der Waals surface area contributed by atoms with Crippen LogP contribution in [-0.4, -0.2) is 42.0 Å². The number of pyridine rings is 1. The first-order chi connectivity index (χ1) is 13.4. The van der Waals surface area contributed by atoms with Gasteiger partial charge in [0.25, 0.3) is 11.5 Å². The number of anilines is 1. The lowest BCUT2D eigenvalue weighted by Gasteiger charge is -2.37. The van der Waals surface area contributed by atoms with Crippen LogP contribution < -0.4 is 10.5 Å². The summed E-state index contributed by atoms with van der Waals surface area (Å²) in [6, 6.07) is 11.9. The number of amides is 1. The molecule has 0 spiro atoms. The normalized spacial score (nSPS) is 14.5. The molecular formula is C22H22FN3O2. The molecule has 5 nitrogen and oxygen atoms in total. The molecule has 1 fully saturated rings. The van der Waals surface area contributed by atoms with E-state index < -0.39 is 11.4 Å². The molecule has 1 amide bonds. The number of aryl methyl sites for hydroxylation is 1. The van der Waals surface area contributed by atoms with E-state index in [1.165, 1.54) is 28.9 Å². The Hall–Kier alpha value is -3.15. The first-order valence-corrected chi connectivity index (χ1v) is 9.37. The number of aromatic nitrogens is 1. The Morgan fingerprint density at radius 3 is 2.54 bits per heavy atom. The molecule has 0 bridgehead atoms. The van der Waals surface area contributed by atoms with Gasteiger partial charge in [-0.2, -0.15) is 0 Å². The zero-order valence-corrected chi connectivity index (χ0v) is 16.0. The lowest BCUT2D eigenvalue weighted by Crippen LogP contribution is -2.49. The predicted octanol–water partition coefficient (Wildman–Crippen LogP) is 3.25. The molecule has 1 N–H and O–H groups in total. The maximum Gasteiger partial charge on any atom is 0.261 e. The summed E-state index contributed by atoms with van der Waals surface area (Å²) in [5.41, 5.74) is 3.69. The number of carbonyl (C=O) groups is 1. The van der Waals surface area contributed by atoms with Crippen molar-refractivity contribution in [1.82, 2.24) is 9.88 Å². The lowest BCUT2D eigenvalue weighted by atomic mass is 10.1. The fourth-order valence-corrected chi connectivity index (χ4v) is 3.73. The number of nitrogens with one attached hydrogen (secondary N) is 1. The first kappa shape index (κ1) is 18.2. The summed E-state index contributed by atoms with van der Waals surface area (Å²) in [7, 11) is 0. The Kier molecular flexibility index (Phi) is 4.63. The summed E-state index contributed by atoms with van der Waals surface area (Å²) in [6.45, 7) is 6.73. The Balaban J connectivity index is 1.53. The van der Waals surface area contributed by atoms with E-state index in [9.17, 15) is 14.0 Å². The molecule has 0 saturated carbocycles. The third-order valence-electron chi connectivity index (χ3n) is 5.52. The van der Waals surface area contributed by atoms with Crippen LogP contribution in [0.4, 0.5) is 10.1 Å². The molecule has 1 aromatic heterocycles. The highest BCUT2D eigenvalue weighted by molar-refractivity contribution is 5.97. The number of H-pyrrole nitrogens is 1. The van der Waals surface area contributed by atoms with Crippen molar-refractivity contribution in [2.24, 2.45) is 0 Å². The van der Waals surface area contributed by atoms with Gasteiger partial charge in [0.2, 0.25) is 0 Å². The summed E-state index contributed by atoms with van der Waals surface area (Å²) in [5, 5.41) is 0.637. The van der Waals surface area contributed by atoms with Gasteiger partial charge in [-0.1, -0.05) is 12.1 Å². The van der Waals surface area contributed by atoms with Crippen LogP contribution in [0, 0.1) is 19.7 Å². The summed E-state index contributed by atoms with van der Waals surface area (Å²) in [5.74, 6) is -0.710. The second kappa shape index (κ2) is 7.11. The Bertz CT molecular complexity index is 1110. The van der Waals surface area contributed by atoms with Crippen molar-refractivity contribution in [1.29, 1.82) is 0 Å². The van der Waals surface area contributed by atoms with Gasteiger partial charge in [0.15, 0.2) is 0 Å². The van der Waals surface area contributed by atoms with E-state index >= 15 is 0 Å². The zero-order chi connectivity index (χ0) is 19.8. The average molecular weight is 379 g/mol. The fraction of sp³-hybridized carbons (Fsp3) is 0.273. The second-order valence-electron chi connectivity index (χ2n) is 7.24. The van der Waals surface area contributed by atoms with Gasteiger partial charge in [-0.15, -0.1) is 0 Å². The van der Waals surface area contributed by atoms with Gasteiger partial charge in [0.1, 0.15) is 11.4 Å². The number of rotatable bonds is 2. The van der Waals surface area contributed by atoms with Crippen LogP contribution in [0.3, 0.4) is 0 Å². The molecule has 0 radical (unpaired) electrons. The van der Waals surface area contributed by atoms with Gasteiger partial charge in [-0.05, 0) is 60.7 Å². The molecule has 2 heterocycles. The molecule has 28 heavy (non-hydrogen) atoms. The van der Waals surface area contributed by atoms with Crippen molar-refractivity contribution in [3.63, 3.8) is 0 Å². The van der Waals surface area contributed by atoms with Crippen LogP contribution in [0.5, 0.6) is 0 Å². The van der Waals surface area contributed by atoms with Gasteiger partial charge >= 0.3 is 0 Å². The summed E-state index contributed by atoms with van der Waals surface area (Å²) in [4.78, 5) is 31.9. The smallest absolute Gasteiger partial charge is 0.261 e. The van der Waals surface area contributed by atoms with E-state index in [2.05, 4.69) is 35.9 Å². The van der Waals surface area contributed by atoms with E-state index in [0.717, 1.165) is 0 Å². The third-order valence-corrected chi connectivity index (χ3v) is 5.52. The highest BCUT2D eigenvalue weighted by atomic mass is 19.1. The minimum atomic E-state index is -0.486. The maximum absolute atomic E-state index is 13.3. The number of piperazine rings is 1. The molecule has 0 aliphatic carbocycles. The van der Waals surface area contributed by atoms with Gasteiger partial charge in [-0.3, -0.25) is 9.59 Å². The summed E-state index contributed by atoms with van der Waals surface area (Å²) >= 11 is 0. The number of aromatic amines is 1. The Morgan fingerprint density at radius 2 is 1.79 bits per heavy atom. The molecule has 0 atom stereocenters. The molecule has 1 aliphatic rings. The first-order valence-electron chi connectivity index (χ1n) is 9.37. The van der Waals surface area contributed by atoms with Crippen LogP contribution in [0.25, 0.3) is 10.9 Å². The quantitative estimate of drug-likeness (QED) is 0.744. The molecule has 6 heteroatoms. The van der Waals surface area contributed by atoms with E-state index in [1.807, 2.05) is 6.07 Å². The molecule has 0 unspecified atom stereocenters. The zero-order valence-electron chi connectivity index (χ0n) is 16.0. The molecule has 1 aliphatic heterocycles. The minimum Gasteiger partial charge on any atom is -0.368 e. The number of carbonyl (C=O) groups excluding carboxylic acids is 1. The van der Waals surface area contributed by atoms with Gasteiger partial charge in [-0.25, -0.2) is 4.39 Å². The third kappa shape index (κ3) is 3.26. The van der Waals surface area contributed by atoms with Crippen molar-refractivity contribution < 1.29 is 9.18 Å². The van der Waals surface area contributed by atoms with Crippen LogP contribution in [-0.2, 0) is 0 Å². The molecule has 4 rings (SSSR count). The molecule has 3 aromatic rings. The molecular weight excluding hydrogens is 357 g/mol. The predicted molar refractivity (Wildman–Crippen MR) is 109 cm³/mol. The van der Waals surface area contributed by atoms with E-state index in [0.29, 0.717) is 37.1 Å². The number of nitrogens with zero attached hydrogens (tertiary/aromatic N) is 2. The van der Waals surface area contributed by atoms with Crippen LogP contribution >= 0.6 is 0 Å². The van der Waals surface area contributed by atoms with Gasteiger partial charge in [0.05, 0.1) is 5.52 Å².